The van der Waals surface area contributed by atoms with Gasteiger partial charge < -0.3 is 14.9 Å². The molecule has 0 aromatic carbocycles. The number of rotatable bonds is 10. The van der Waals surface area contributed by atoms with Crippen LogP contribution >= 0.6 is 21.6 Å². The maximum Gasteiger partial charge on any atom is 0.330 e. The number of aliphatic hydroxyl groups is 2. The zero-order chi connectivity index (χ0) is 18.2. The summed E-state index contributed by atoms with van der Waals surface area (Å²) in [6, 6.07) is 0. The molecule has 2 heterocycles. The Labute approximate surface area is 154 Å². The monoisotopic (exact) mass is 390 g/mol. The summed E-state index contributed by atoms with van der Waals surface area (Å²) in [5.74, 6) is 1.01. The van der Waals surface area contributed by atoms with Crippen molar-refractivity contribution in [2.24, 2.45) is 0 Å². The number of unbranched alkanes of at least 4 members (excludes halogenated alkanes) is 3. The van der Waals surface area contributed by atoms with Gasteiger partial charge in [-0.3, -0.25) is 14.3 Å². The van der Waals surface area contributed by atoms with Gasteiger partial charge in [-0.15, -0.1) is 0 Å². The third kappa shape index (κ3) is 5.89. The molecule has 3 atom stereocenters. The Hall–Kier alpha value is -0.740. The van der Waals surface area contributed by atoms with Gasteiger partial charge in [0.2, 0.25) is 0 Å². The molecular weight excluding hydrogens is 364 g/mol. The number of nitrogens with zero attached hydrogens (tertiary/aromatic N) is 1. The first-order valence-electron chi connectivity index (χ1n) is 8.54. The molecule has 0 aliphatic carbocycles. The smallest absolute Gasteiger partial charge is 0.330 e. The highest BCUT2D eigenvalue weighted by Crippen LogP contribution is 2.41. The van der Waals surface area contributed by atoms with Crippen LogP contribution in [0, 0.1) is 6.92 Å². The number of hydrogen-bond acceptors (Lipinski definition) is 7. The van der Waals surface area contributed by atoms with Crippen LogP contribution in [-0.4, -0.2) is 50.1 Å². The van der Waals surface area contributed by atoms with E-state index < -0.39 is 11.9 Å². The lowest BCUT2D eigenvalue weighted by atomic mass is 10.2. The van der Waals surface area contributed by atoms with Gasteiger partial charge in [-0.25, -0.2) is 4.79 Å². The molecule has 0 spiro atoms. The van der Waals surface area contributed by atoms with E-state index in [4.69, 9.17) is 9.84 Å². The predicted octanol–water partition coefficient (Wildman–Crippen LogP) is 1.43. The summed E-state index contributed by atoms with van der Waals surface area (Å²) in [7, 11) is 3.44. The average Bonchev–Trinajstić information content (AvgIpc) is 3.00. The van der Waals surface area contributed by atoms with Crippen LogP contribution in [0.4, 0.5) is 0 Å². The van der Waals surface area contributed by atoms with Crippen molar-refractivity contribution in [1.29, 1.82) is 0 Å². The van der Waals surface area contributed by atoms with Gasteiger partial charge in [-0.2, -0.15) is 0 Å². The third-order valence-corrected chi connectivity index (χ3v) is 7.13. The minimum atomic E-state index is -0.487. The van der Waals surface area contributed by atoms with E-state index in [0.29, 0.717) is 12.0 Å². The van der Waals surface area contributed by atoms with Crippen molar-refractivity contribution < 1.29 is 14.9 Å². The average molecular weight is 391 g/mol. The number of H-pyrrole nitrogens is 1. The fourth-order valence-corrected chi connectivity index (χ4v) is 5.58. The van der Waals surface area contributed by atoms with E-state index >= 15 is 0 Å². The summed E-state index contributed by atoms with van der Waals surface area (Å²) in [4.78, 5) is 25.8. The summed E-state index contributed by atoms with van der Waals surface area (Å²) >= 11 is 0. The molecule has 0 amide bonds. The lowest BCUT2D eigenvalue weighted by Crippen LogP contribution is -2.33. The maximum absolute atomic E-state index is 12.0. The van der Waals surface area contributed by atoms with Crippen molar-refractivity contribution in [2.75, 3.05) is 19.0 Å². The Kier molecular flexibility index (Phi) is 8.57. The number of nitrogens with one attached hydrogen (secondary N) is 1. The largest absolute Gasteiger partial charge is 0.396 e. The van der Waals surface area contributed by atoms with Crippen LogP contribution in [0.25, 0.3) is 0 Å². The van der Waals surface area contributed by atoms with E-state index in [9.17, 15) is 14.7 Å². The topological polar surface area (TPSA) is 105 Å². The molecule has 1 aliphatic rings. The molecule has 0 bridgehead atoms. The minimum absolute atomic E-state index is 0.0941. The first-order valence-corrected chi connectivity index (χ1v) is 10.9. The zero-order valence-electron chi connectivity index (χ0n) is 14.3. The SMILES string of the molecule is Cc1cn([C@H]2CC(SSCCCCCCO)[C@@H](CO)O2)c(=O)[nH]c1=O. The fraction of sp³-hybridized carbons (Fsp3) is 0.750. The van der Waals surface area contributed by atoms with E-state index in [1.807, 2.05) is 0 Å². The van der Waals surface area contributed by atoms with Gasteiger partial charge in [0.05, 0.1) is 12.7 Å². The summed E-state index contributed by atoms with van der Waals surface area (Å²) in [5, 5.41) is 18.4. The van der Waals surface area contributed by atoms with Crippen LogP contribution in [-0.2, 0) is 4.74 Å². The standard InChI is InChI=1S/C16H26N2O5S2/c1-11-9-18(16(22)17-15(11)21)14-8-13(12(10-20)23-14)25-24-7-5-3-2-4-6-19/h9,12-14,19-20H,2-8,10H2,1H3,(H,17,21,22)/t12-,13?,14-/m1/s1. The molecule has 0 radical (unpaired) electrons. The number of aromatic nitrogens is 2. The Balaban J connectivity index is 1.86. The second-order valence-corrected chi connectivity index (χ2v) is 8.85. The number of aryl methyl sites for hydroxylation is 1. The normalized spacial score (nSPS) is 23.2. The van der Waals surface area contributed by atoms with Crippen LogP contribution in [0.5, 0.6) is 0 Å². The molecule has 1 fully saturated rings. The summed E-state index contributed by atoms with van der Waals surface area (Å²) in [5.41, 5.74) is -0.419. The van der Waals surface area contributed by atoms with Crippen molar-refractivity contribution in [2.45, 2.75) is 56.6 Å². The van der Waals surface area contributed by atoms with Gasteiger partial charge in [0.25, 0.3) is 5.56 Å². The molecule has 0 saturated carbocycles. The first-order chi connectivity index (χ1) is 12.1. The zero-order valence-corrected chi connectivity index (χ0v) is 16.0. The molecule has 7 nitrogen and oxygen atoms in total. The Morgan fingerprint density at radius 3 is 2.76 bits per heavy atom. The number of ether oxygens (including phenoxy) is 1. The molecule has 9 heteroatoms. The highest BCUT2D eigenvalue weighted by Gasteiger charge is 2.36. The van der Waals surface area contributed by atoms with Crippen molar-refractivity contribution in [3.63, 3.8) is 0 Å². The quantitative estimate of drug-likeness (QED) is 0.410. The van der Waals surface area contributed by atoms with E-state index in [0.717, 1.165) is 31.4 Å². The molecule has 1 saturated heterocycles. The minimum Gasteiger partial charge on any atom is -0.396 e. The van der Waals surface area contributed by atoms with Gasteiger partial charge in [0.1, 0.15) is 6.23 Å². The molecule has 1 unspecified atom stereocenters. The summed E-state index contributed by atoms with van der Waals surface area (Å²) in [6.45, 7) is 1.80. The summed E-state index contributed by atoms with van der Waals surface area (Å²) < 4.78 is 7.23. The van der Waals surface area contributed by atoms with Crippen LogP contribution in [0.1, 0.15) is 43.9 Å². The van der Waals surface area contributed by atoms with E-state index in [1.54, 1.807) is 28.5 Å². The van der Waals surface area contributed by atoms with Gasteiger partial charge in [0, 0.05) is 35.8 Å². The molecule has 142 valence electrons. The first kappa shape index (κ1) is 20.6. The predicted molar refractivity (Wildman–Crippen MR) is 101 cm³/mol. The van der Waals surface area contributed by atoms with Crippen molar-refractivity contribution >= 4 is 21.6 Å². The van der Waals surface area contributed by atoms with Gasteiger partial charge in [-0.05, 0) is 19.8 Å². The van der Waals surface area contributed by atoms with E-state index in [2.05, 4.69) is 4.98 Å². The van der Waals surface area contributed by atoms with Gasteiger partial charge >= 0.3 is 5.69 Å². The van der Waals surface area contributed by atoms with Gasteiger partial charge in [0.15, 0.2) is 0 Å². The van der Waals surface area contributed by atoms with Crippen molar-refractivity contribution in [3.8, 4) is 0 Å². The molecule has 3 N–H and O–H groups in total. The van der Waals surface area contributed by atoms with Crippen LogP contribution in [0.3, 0.4) is 0 Å². The maximum atomic E-state index is 12.0. The molecule has 1 aromatic rings. The van der Waals surface area contributed by atoms with E-state index in [1.165, 1.54) is 10.8 Å². The van der Waals surface area contributed by atoms with Crippen LogP contribution < -0.4 is 11.2 Å². The Morgan fingerprint density at radius 1 is 1.28 bits per heavy atom. The number of aliphatic hydroxyl groups excluding tert-OH is 2. The second-order valence-electron chi connectivity index (χ2n) is 6.12. The highest BCUT2D eigenvalue weighted by atomic mass is 33.1. The fourth-order valence-electron chi connectivity index (χ4n) is 2.70. The molecular formula is C16H26N2O5S2. The second kappa shape index (κ2) is 10.4. The molecule has 2 rings (SSSR count). The Morgan fingerprint density at radius 2 is 2.04 bits per heavy atom. The van der Waals surface area contributed by atoms with Crippen LogP contribution in [0.15, 0.2) is 15.8 Å². The lowest BCUT2D eigenvalue weighted by molar-refractivity contribution is -0.0238. The molecule has 1 aromatic heterocycles. The van der Waals surface area contributed by atoms with Crippen LogP contribution in [0.2, 0.25) is 0 Å². The third-order valence-electron chi connectivity index (χ3n) is 4.14. The Bertz CT molecular complexity index is 648. The number of hydrogen-bond donors (Lipinski definition) is 3. The van der Waals surface area contributed by atoms with Crippen molar-refractivity contribution in [3.05, 3.63) is 32.6 Å². The summed E-state index contributed by atoms with van der Waals surface area (Å²) in [6.07, 6.45) is 5.43. The lowest BCUT2D eigenvalue weighted by Gasteiger charge is -2.15. The number of aromatic amines is 1. The van der Waals surface area contributed by atoms with Crippen molar-refractivity contribution in [1.82, 2.24) is 9.55 Å². The molecule has 1 aliphatic heterocycles. The van der Waals surface area contributed by atoms with E-state index in [-0.39, 0.29) is 30.1 Å². The highest BCUT2D eigenvalue weighted by molar-refractivity contribution is 8.76. The van der Waals surface area contributed by atoms with Gasteiger partial charge in [-0.1, -0.05) is 34.4 Å². The molecule has 25 heavy (non-hydrogen) atoms.